The number of nitrogens with zero attached hydrogens (tertiary/aromatic N) is 1. The Kier molecular flexibility index (Phi) is 8.34. The van der Waals surface area contributed by atoms with E-state index < -0.39 is 0 Å². The lowest BCUT2D eigenvalue weighted by molar-refractivity contribution is 0.639. The minimum atomic E-state index is -0.252. The van der Waals surface area contributed by atoms with Crippen molar-refractivity contribution in [2.45, 2.75) is 53.5 Å². The molecule has 24 heavy (non-hydrogen) atoms. The fraction of sp³-hybridized carbons (Fsp3) is 0.381. The SMILES string of the molecule is C/C=C\C(=C/CCC)c1cc2c(F)cccc2nc1C(C)N.CC. The van der Waals surface area contributed by atoms with Gasteiger partial charge < -0.3 is 5.73 Å². The molecule has 0 aliphatic carbocycles. The highest BCUT2D eigenvalue weighted by atomic mass is 19.1. The first-order valence-corrected chi connectivity index (χ1v) is 8.76. The van der Waals surface area contributed by atoms with Gasteiger partial charge in [0, 0.05) is 17.0 Å². The molecule has 0 bridgehead atoms. The zero-order valence-corrected chi connectivity index (χ0v) is 15.4. The molecule has 2 aromatic rings. The van der Waals surface area contributed by atoms with E-state index in [0.717, 1.165) is 29.7 Å². The summed E-state index contributed by atoms with van der Waals surface area (Å²) in [5.41, 5.74) is 9.51. The Morgan fingerprint density at radius 3 is 2.62 bits per heavy atom. The van der Waals surface area contributed by atoms with E-state index in [2.05, 4.69) is 18.0 Å². The number of hydrogen-bond acceptors (Lipinski definition) is 2. The quantitative estimate of drug-likeness (QED) is 0.666. The van der Waals surface area contributed by atoms with Gasteiger partial charge in [-0.25, -0.2) is 4.39 Å². The number of rotatable bonds is 5. The van der Waals surface area contributed by atoms with Crippen LogP contribution in [0.1, 0.15) is 64.8 Å². The number of unbranched alkanes of at least 4 members (excludes halogenated alkanes) is 1. The maximum absolute atomic E-state index is 14.1. The third-order valence-electron chi connectivity index (χ3n) is 3.58. The van der Waals surface area contributed by atoms with Crippen molar-refractivity contribution in [3.8, 4) is 0 Å². The first kappa shape index (κ1) is 20.0. The maximum atomic E-state index is 14.1. The van der Waals surface area contributed by atoms with Crippen LogP contribution >= 0.6 is 0 Å². The molecule has 130 valence electrons. The molecular weight excluding hydrogens is 299 g/mol. The summed E-state index contributed by atoms with van der Waals surface area (Å²) in [7, 11) is 0. The second-order valence-electron chi connectivity index (χ2n) is 5.46. The predicted molar refractivity (Wildman–Crippen MR) is 103 cm³/mol. The number of nitrogens with two attached hydrogens (primary N) is 1. The van der Waals surface area contributed by atoms with E-state index >= 15 is 0 Å². The Labute approximate surface area is 145 Å². The van der Waals surface area contributed by atoms with E-state index in [-0.39, 0.29) is 11.9 Å². The third kappa shape index (κ3) is 4.75. The van der Waals surface area contributed by atoms with Gasteiger partial charge in [-0.2, -0.15) is 0 Å². The molecule has 0 saturated carbocycles. The zero-order chi connectivity index (χ0) is 18.1. The molecule has 1 aromatic heterocycles. The van der Waals surface area contributed by atoms with Gasteiger partial charge in [0.15, 0.2) is 0 Å². The average Bonchev–Trinajstić information content (AvgIpc) is 2.60. The summed E-state index contributed by atoms with van der Waals surface area (Å²) in [4.78, 5) is 4.61. The highest BCUT2D eigenvalue weighted by Crippen LogP contribution is 2.29. The molecule has 1 aromatic carbocycles. The molecule has 1 atom stereocenters. The Hall–Kier alpha value is -2.00. The molecule has 0 radical (unpaired) electrons. The number of pyridine rings is 1. The summed E-state index contributed by atoms with van der Waals surface area (Å²) in [5, 5.41) is 0.536. The standard InChI is InChI=1S/C19H23FN2.C2H6/c1-4-6-9-14(8-5-2)15-12-16-17(20)10-7-11-18(16)22-19(15)13(3)21;1-2/h5,7-13H,4,6,21H2,1-3H3;1-2H3/b8-5-,14-9+;. The highest BCUT2D eigenvalue weighted by molar-refractivity contribution is 5.86. The lowest BCUT2D eigenvalue weighted by Crippen LogP contribution is -2.11. The molecule has 3 heteroatoms. The molecule has 0 spiro atoms. The van der Waals surface area contributed by atoms with Crippen molar-refractivity contribution in [1.82, 2.24) is 4.98 Å². The molecule has 1 heterocycles. The number of allylic oxidation sites excluding steroid dienone is 4. The van der Waals surface area contributed by atoms with E-state index in [1.807, 2.05) is 52.0 Å². The van der Waals surface area contributed by atoms with Gasteiger partial charge in [0.1, 0.15) is 5.82 Å². The van der Waals surface area contributed by atoms with Gasteiger partial charge in [0.25, 0.3) is 0 Å². The van der Waals surface area contributed by atoms with E-state index in [1.54, 1.807) is 6.07 Å². The van der Waals surface area contributed by atoms with Crippen molar-refractivity contribution >= 4 is 16.5 Å². The maximum Gasteiger partial charge on any atom is 0.132 e. The lowest BCUT2D eigenvalue weighted by Gasteiger charge is -2.15. The monoisotopic (exact) mass is 328 g/mol. The molecule has 0 aliphatic heterocycles. The van der Waals surface area contributed by atoms with Crippen molar-refractivity contribution in [3.05, 3.63) is 59.6 Å². The van der Waals surface area contributed by atoms with Crippen LogP contribution in [0.25, 0.3) is 16.5 Å². The van der Waals surface area contributed by atoms with Gasteiger partial charge in [-0.1, -0.05) is 51.5 Å². The zero-order valence-electron chi connectivity index (χ0n) is 15.4. The molecule has 0 saturated heterocycles. The van der Waals surface area contributed by atoms with Crippen LogP contribution in [-0.2, 0) is 0 Å². The third-order valence-corrected chi connectivity index (χ3v) is 3.58. The van der Waals surface area contributed by atoms with Crippen molar-refractivity contribution in [2.24, 2.45) is 5.73 Å². The summed E-state index contributed by atoms with van der Waals surface area (Å²) in [6.07, 6.45) is 8.20. The topological polar surface area (TPSA) is 38.9 Å². The van der Waals surface area contributed by atoms with Gasteiger partial charge >= 0.3 is 0 Å². The van der Waals surface area contributed by atoms with Crippen LogP contribution < -0.4 is 5.73 Å². The fourth-order valence-corrected chi connectivity index (χ4v) is 2.50. The Morgan fingerprint density at radius 1 is 1.33 bits per heavy atom. The minimum absolute atomic E-state index is 0.210. The van der Waals surface area contributed by atoms with Crippen LogP contribution in [0.3, 0.4) is 0 Å². The minimum Gasteiger partial charge on any atom is -0.323 e. The summed E-state index contributed by atoms with van der Waals surface area (Å²) < 4.78 is 14.1. The number of aromatic nitrogens is 1. The van der Waals surface area contributed by atoms with E-state index in [9.17, 15) is 4.39 Å². The van der Waals surface area contributed by atoms with Crippen LogP contribution in [0, 0.1) is 5.82 Å². The van der Waals surface area contributed by atoms with E-state index in [0.29, 0.717) is 10.9 Å². The summed E-state index contributed by atoms with van der Waals surface area (Å²) in [6.45, 7) is 10.0. The predicted octanol–water partition coefficient (Wildman–Crippen LogP) is 6.18. The normalized spacial score (nSPS) is 13.0. The molecule has 0 fully saturated rings. The van der Waals surface area contributed by atoms with E-state index in [4.69, 9.17) is 5.73 Å². The molecular formula is C21H29FN2. The number of fused-ring (bicyclic) bond motifs is 1. The van der Waals surface area contributed by atoms with Gasteiger partial charge in [-0.05, 0) is 44.0 Å². The van der Waals surface area contributed by atoms with Crippen LogP contribution in [0.15, 0.2) is 42.5 Å². The van der Waals surface area contributed by atoms with Gasteiger partial charge in [0.05, 0.1) is 11.2 Å². The summed E-state index contributed by atoms with van der Waals surface area (Å²) >= 11 is 0. The molecule has 2 N–H and O–H groups in total. The smallest absolute Gasteiger partial charge is 0.132 e. The van der Waals surface area contributed by atoms with Crippen molar-refractivity contribution in [1.29, 1.82) is 0 Å². The molecule has 2 rings (SSSR count). The van der Waals surface area contributed by atoms with Crippen LogP contribution in [0.5, 0.6) is 0 Å². The summed E-state index contributed by atoms with van der Waals surface area (Å²) in [6, 6.07) is 6.62. The fourth-order valence-electron chi connectivity index (χ4n) is 2.50. The largest absolute Gasteiger partial charge is 0.323 e. The van der Waals surface area contributed by atoms with Crippen molar-refractivity contribution in [2.75, 3.05) is 0 Å². The number of halogens is 1. The van der Waals surface area contributed by atoms with Crippen molar-refractivity contribution < 1.29 is 4.39 Å². The summed E-state index contributed by atoms with van der Waals surface area (Å²) in [5.74, 6) is -0.252. The highest BCUT2D eigenvalue weighted by Gasteiger charge is 2.14. The van der Waals surface area contributed by atoms with Crippen molar-refractivity contribution in [3.63, 3.8) is 0 Å². The second-order valence-corrected chi connectivity index (χ2v) is 5.46. The number of hydrogen-bond donors (Lipinski definition) is 1. The first-order valence-electron chi connectivity index (χ1n) is 8.76. The Balaban J connectivity index is 0.00000139. The number of benzene rings is 1. The average molecular weight is 328 g/mol. The van der Waals surface area contributed by atoms with Gasteiger partial charge in [0.2, 0.25) is 0 Å². The Morgan fingerprint density at radius 2 is 2.04 bits per heavy atom. The lowest BCUT2D eigenvalue weighted by atomic mass is 9.97. The van der Waals surface area contributed by atoms with Crippen LogP contribution in [-0.4, -0.2) is 4.98 Å². The molecule has 1 unspecified atom stereocenters. The van der Waals surface area contributed by atoms with Crippen LogP contribution in [0.4, 0.5) is 4.39 Å². The second kappa shape index (κ2) is 9.99. The first-order chi connectivity index (χ1) is 11.6. The Bertz CT molecular complexity index is 715. The van der Waals surface area contributed by atoms with Crippen LogP contribution in [0.2, 0.25) is 0 Å². The van der Waals surface area contributed by atoms with Gasteiger partial charge in [-0.3, -0.25) is 4.98 Å². The molecule has 2 nitrogen and oxygen atoms in total. The van der Waals surface area contributed by atoms with E-state index in [1.165, 1.54) is 6.07 Å². The molecule has 0 aliphatic rings. The molecule has 0 amide bonds. The van der Waals surface area contributed by atoms with Gasteiger partial charge in [-0.15, -0.1) is 0 Å².